The highest BCUT2D eigenvalue weighted by molar-refractivity contribution is 6.42. The van der Waals surface area contributed by atoms with Gasteiger partial charge in [0.05, 0.1) is 12.7 Å². The maximum atomic E-state index is 12.2. The highest BCUT2D eigenvalue weighted by Gasteiger charge is 2.27. The molecule has 0 fully saturated rings. The summed E-state index contributed by atoms with van der Waals surface area (Å²) in [6.07, 6.45) is 0. The van der Waals surface area contributed by atoms with Gasteiger partial charge < -0.3 is 10.3 Å². The monoisotopic (exact) mass is 376 g/mol. The van der Waals surface area contributed by atoms with Crippen LogP contribution in [0.1, 0.15) is 5.56 Å². The van der Waals surface area contributed by atoms with Crippen molar-refractivity contribution >= 4 is 44.0 Å². The lowest BCUT2D eigenvalue weighted by molar-refractivity contribution is -0.137. The molecule has 0 atom stereocenters. The lowest BCUT2D eigenvalue weighted by atomic mass is 9.88. The average molecular weight is 376 g/mol. The first kappa shape index (κ1) is 17.1. The number of ether oxygens (including phenoxy) is 1. The minimum atomic E-state index is -0.683. The van der Waals surface area contributed by atoms with Crippen LogP contribution in [0.4, 0.5) is 0 Å². The van der Waals surface area contributed by atoms with Gasteiger partial charge in [-0.05, 0) is 49.5 Å². The standard InChI is InChI=1S/C25H16N2O2/c1-29-25(28)24(27-26)21-8-3-2-7-18(21)19-13-11-17-10-9-15-5-4-6-16-12-14-20(19)23(17)22(15)16/h2-14H,1H3. The zero-order chi connectivity index (χ0) is 20.0. The number of rotatable bonds is 3. The molecule has 0 saturated carbocycles. The Morgan fingerprint density at radius 1 is 0.759 bits per heavy atom. The van der Waals surface area contributed by atoms with Crippen molar-refractivity contribution in [1.82, 2.24) is 0 Å². The van der Waals surface area contributed by atoms with Gasteiger partial charge in [0.1, 0.15) is 0 Å². The molecule has 0 aliphatic carbocycles. The molecule has 29 heavy (non-hydrogen) atoms. The zero-order valence-electron chi connectivity index (χ0n) is 15.7. The fourth-order valence-corrected chi connectivity index (χ4v) is 4.20. The lowest BCUT2D eigenvalue weighted by Gasteiger charge is -2.15. The van der Waals surface area contributed by atoms with Crippen LogP contribution in [0.2, 0.25) is 0 Å². The van der Waals surface area contributed by atoms with Crippen molar-refractivity contribution < 1.29 is 14.3 Å². The fourth-order valence-electron chi connectivity index (χ4n) is 4.20. The number of nitrogens with zero attached hydrogens (tertiary/aromatic N) is 2. The van der Waals surface area contributed by atoms with Gasteiger partial charge in [-0.2, -0.15) is 4.79 Å². The Labute approximate surface area is 166 Å². The first-order chi connectivity index (χ1) is 14.2. The molecule has 0 bridgehead atoms. The van der Waals surface area contributed by atoms with Gasteiger partial charge >= 0.3 is 11.7 Å². The van der Waals surface area contributed by atoms with E-state index in [1.54, 1.807) is 6.07 Å². The topological polar surface area (TPSA) is 62.7 Å². The highest BCUT2D eigenvalue weighted by Crippen LogP contribution is 2.39. The second-order valence-corrected chi connectivity index (χ2v) is 6.95. The summed E-state index contributed by atoms with van der Waals surface area (Å²) in [5.41, 5.74) is 11.7. The molecule has 0 radical (unpaired) electrons. The Kier molecular flexibility index (Phi) is 3.87. The van der Waals surface area contributed by atoms with Crippen LogP contribution >= 0.6 is 0 Å². The fraction of sp³-hybridized carbons (Fsp3) is 0.0400. The van der Waals surface area contributed by atoms with Crippen LogP contribution in [0.3, 0.4) is 0 Å². The molecule has 0 aliphatic heterocycles. The first-order valence-corrected chi connectivity index (χ1v) is 9.29. The van der Waals surface area contributed by atoms with Crippen molar-refractivity contribution in [2.75, 3.05) is 7.11 Å². The molecular formula is C25H16N2O2. The summed E-state index contributed by atoms with van der Waals surface area (Å²) in [5, 5.41) is 7.05. The Morgan fingerprint density at radius 2 is 1.41 bits per heavy atom. The van der Waals surface area contributed by atoms with Gasteiger partial charge in [0.2, 0.25) is 0 Å². The Balaban J connectivity index is 1.88. The minimum absolute atomic E-state index is 0.117. The largest absolute Gasteiger partial charge is 0.460 e. The number of carbonyl (C=O) groups excluding carboxylic acids is 1. The molecule has 0 heterocycles. The highest BCUT2D eigenvalue weighted by atomic mass is 16.5. The first-order valence-electron chi connectivity index (χ1n) is 9.29. The summed E-state index contributed by atoms with van der Waals surface area (Å²) < 4.78 is 4.80. The van der Waals surface area contributed by atoms with Gasteiger partial charge in [-0.3, -0.25) is 0 Å². The van der Waals surface area contributed by atoms with Gasteiger partial charge in [-0.1, -0.05) is 72.8 Å². The number of esters is 1. The van der Waals surface area contributed by atoms with Crippen molar-refractivity contribution in [2.24, 2.45) is 0 Å². The van der Waals surface area contributed by atoms with E-state index in [9.17, 15) is 10.3 Å². The van der Waals surface area contributed by atoms with Crippen LogP contribution in [-0.4, -0.2) is 23.6 Å². The molecule has 0 unspecified atom stereocenters. The summed E-state index contributed by atoms with van der Waals surface area (Å²) in [6.45, 7) is 0. The average Bonchev–Trinajstić information content (AvgIpc) is 2.78. The van der Waals surface area contributed by atoms with E-state index in [2.05, 4.69) is 53.3 Å². The van der Waals surface area contributed by atoms with E-state index in [4.69, 9.17) is 4.74 Å². The number of methoxy groups -OCH3 is 1. The molecule has 138 valence electrons. The summed E-state index contributed by atoms with van der Waals surface area (Å²) in [7, 11) is 1.27. The van der Waals surface area contributed by atoms with Crippen LogP contribution in [0, 0.1) is 0 Å². The molecule has 5 aromatic rings. The van der Waals surface area contributed by atoms with Crippen LogP contribution < -0.4 is 0 Å². The molecule has 0 amide bonds. The van der Waals surface area contributed by atoms with Crippen molar-refractivity contribution in [1.29, 1.82) is 0 Å². The van der Waals surface area contributed by atoms with Gasteiger partial charge in [0.15, 0.2) is 0 Å². The van der Waals surface area contributed by atoms with E-state index < -0.39 is 5.97 Å². The van der Waals surface area contributed by atoms with E-state index in [0.717, 1.165) is 21.9 Å². The number of carbonyl (C=O) groups is 1. The van der Waals surface area contributed by atoms with Crippen LogP contribution in [-0.2, 0) is 9.53 Å². The van der Waals surface area contributed by atoms with Crippen LogP contribution in [0.5, 0.6) is 0 Å². The quantitative estimate of drug-likeness (QED) is 0.138. The van der Waals surface area contributed by atoms with Gasteiger partial charge in [0.25, 0.3) is 0 Å². The van der Waals surface area contributed by atoms with E-state index in [-0.39, 0.29) is 5.71 Å². The Bertz CT molecular complexity index is 1450. The van der Waals surface area contributed by atoms with Crippen molar-refractivity contribution in [3.63, 3.8) is 0 Å². The van der Waals surface area contributed by atoms with Crippen molar-refractivity contribution in [2.45, 2.75) is 0 Å². The maximum absolute atomic E-state index is 12.2. The van der Waals surface area contributed by atoms with Gasteiger partial charge in [-0.15, -0.1) is 0 Å². The smallest absolute Gasteiger partial charge is 0.422 e. The van der Waals surface area contributed by atoms with E-state index in [0.29, 0.717) is 5.56 Å². The molecule has 0 spiro atoms. The normalized spacial score (nSPS) is 11.1. The third-order valence-electron chi connectivity index (χ3n) is 5.48. The summed E-state index contributed by atoms with van der Waals surface area (Å²) in [6, 6.07) is 26.4. The SMILES string of the molecule is COC(=O)C(=[N+]=[N-])c1ccccc1-c1ccc2ccc3cccc4ccc1c2c34. The lowest BCUT2D eigenvalue weighted by Crippen LogP contribution is -2.19. The Morgan fingerprint density at radius 3 is 2.14 bits per heavy atom. The molecule has 4 heteroatoms. The second kappa shape index (κ2) is 6.55. The summed E-state index contributed by atoms with van der Waals surface area (Å²) in [5.74, 6) is -0.683. The van der Waals surface area contributed by atoms with Crippen molar-refractivity contribution in [3.8, 4) is 11.1 Å². The van der Waals surface area contributed by atoms with Crippen LogP contribution in [0.15, 0.2) is 78.9 Å². The third-order valence-corrected chi connectivity index (χ3v) is 5.48. The third kappa shape index (κ3) is 2.51. The van der Waals surface area contributed by atoms with E-state index in [1.807, 2.05) is 24.3 Å². The van der Waals surface area contributed by atoms with Crippen LogP contribution in [0.25, 0.3) is 49.0 Å². The zero-order valence-corrected chi connectivity index (χ0v) is 15.7. The molecule has 0 saturated heterocycles. The number of hydrogen-bond donors (Lipinski definition) is 0. The number of benzene rings is 5. The van der Waals surface area contributed by atoms with Gasteiger partial charge in [-0.25, -0.2) is 4.79 Å². The van der Waals surface area contributed by atoms with Gasteiger partial charge in [0, 0.05) is 0 Å². The molecule has 4 nitrogen and oxygen atoms in total. The molecule has 0 N–H and O–H groups in total. The molecule has 5 aromatic carbocycles. The minimum Gasteiger partial charge on any atom is -0.460 e. The Hall–Kier alpha value is -4.01. The molecular weight excluding hydrogens is 360 g/mol. The molecule has 5 rings (SSSR count). The number of hydrogen-bond acceptors (Lipinski definition) is 2. The second-order valence-electron chi connectivity index (χ2n) is 6.95. The summed E-state index contributed by atoms with van der Waals surface area (Å²) >= 11 is 0. The predicted molar refractivity (Wildman–Crippen MR) is 115 cm³/mol. The molecule has 0 aromatic heterocycles. The molecule has 0 aliphatic rings. The van der Waals surface area contributed by atoms with E-state index in [1.165, 1.54) is 28.7 Å². The van der Waals surface area contributed by atoms with E-state index >= 15 is 0 Å². The summed E-state index contributed by atoms with van der Waals surface area (Å²) in [4.78, 5) is 15.4. The van der Waals surface area contributed by atoms with Crippen molar-refractivity contribution in [3.05, 3.63) is 90.0 Å². The predicted octanol–water partition coefficient (Wildman–Crippen LogP) is 5.44. The maximum Gasteiger partial charge on any atom is 0.422 e.